The maximum absolute atomic E-state index is 12.9. The van der Waals surface area contributed by atoms with Crippen molar-refractivity contribution in [3.05, 3.63) is 16.5 Å². The monoisotopic (exact) mass is 447 g/mol. The van der Waals surface area contributed by atoms with Crippen molar-refractivity contribution < 1.29 is 13.2 Å². The van der Waals surface area contributed by atoms with E-state index in [4.69, 9.17) is 11.6 Å². The molecule has 1 N–H and O–H groups in total. The van der Waals surface area contributed by atoms with Gasteiger partial charge in [0.2, 0.25) is 15.9 Å². The molecule has 3 rings (SSSR count). The molecule has 1 aromatic heterocycles. The van der Waals surface area contributed by atoms with Crippen LogP contribution in [0.4, 0.5) is 0 Å². The summed E-state index contributed by atoms with van der Waals surface area (Å²) in [5.41, 5.74) is 0.136. The average molecular weight is 448 g/mol. The first-order valence-corrected chi connectivity index (χ1v) is 12.6. The average Bonchev–Trinajstić information content (AvgIpc) is 3.08. The molecule has 2 heterocycles. The van der Waals surface area contributed by atoms with Gasteiger partial charge in [-0.25, -0.2) is 13.1 Å². The van der Waals surface area contributed by atoms with Crippen LogP contribution in [0.3, 0.4) is 0 Å². The van der Waals surface area contributed by atoms with Gasteiger partial charge in [0, 0.05) is 43.7 Å². The van der Waals surface area contributed by atoms with Crippen molar-refractivity contribution in [3.8, 4) is 0 Å². The molecule has 1 aliphatic carbocycles. The van der Waals surface area contributed by atoms with Crippen molar-refractivity contribution in [2.24, 2.45) is 5.92 Å². The SMILES string of the molecule is CC(C)(C)N1CCN(C(=O)C2CCC(NS(=O)(=O)c3ccc(Cl)s3)CC2)CC1. The Hall–Kier alpha value is -0.670. The molecule has 0 spiro atoms. The summed E-state index contributed by atoms with van der Waals surface area (Å²) < 4.78 is 28.4. The van der Waals surface area contributed by atoms with Gasteiger partial charge in [0.05, 0.1) is 4.34 Å². The molecular formula is C19H30ClN3O3S2. The van der Waals surface area contributed by atoms with Gasteiger partial charge in [0.1, 0.15) is 4.21 Å². The highest BCUT2D eigenvalue weighted by atomic mass is 35.5. The number of halogens is 1. The lowest BCUT2D eigenvalue weighted by molar-refractivity contribution is -0.139. The normalized spacial score (nSPS) is 25.1. The summed E-state index contributed by atoms with van der Waals surface area (Å²) in [4.78, 5) is 17.3. The summed E-state index contributed by atoms with van der Waals surface area (Å²) in [7, 11) is -3.53. The van der Waals surface area contributed by atoms with Crippen LogP contribution in [-0.4, -0.2) is 61.9 Å². The fraction of sp³-hybridized carbons (Fsp3) is 0.737. The molecule has 1 aromatic rings. The first-order chi connectivity index (χ1) is 13.1. The molecule has 28 heavy (non-hydrogen) atoms. The third kappa shape index (κ3) is 5.27. The summed E-state index contributed by atoms with van der Waals surface area (Å²) in [6, 6.07) is 3.00. The Morgan fingerprint density at radius 2 is 1.71 bits per heavy atom. The minimum absolute atomic E-state index is 0.0122. The van der Waals surface area contributed by atoms with E-state index in [0.717, 1.165) is 50.4 Å². The van der Waals surface area contributed by atoms with Crippen LogP contribution in [0.5, 0.6) is 0 Å². The van der Waals surface area contributed by atoms with E-state index in [1.165, 1.54) is 6.07 Å². The van der Waals surface area contributed by atoms with E-state index in [9.17, 15) is 13.2 Å². The van der Waals surface area contributed by atoms with Crippen LogP contribution in [0.2, 0.25) is 4.34 Å². The highest BCUT2D eigenvalue weighted by Crippen LogP contribution is 2.30. The van der Waals surface area contributed by atoms with Crippen LogP contribution in [0.1, 0.15) is 46.5 Å². The van der Waals surface area contributed by atoms with Gasteiger partial charge in [0.25, 0.3) is 0 Å². The number of rotatable bonds is 4. The number of piperazine rings is 1. The number of sulfonamides is 1. The standard InChI is InChI=1S/C19H30ClN3O3S2/c1-19(2,3)23-12-10-22(11-13-23)18(24)14-4-6-15(7-5-14)21-28(25,26)17-9-8-16(20)27-17/h8-9,14-15,21H,4-7,10-13H2,1-3H3. The summed E-state index contributed by atoms with van der Waals surface area (Å²) in [6.07, 6.45) is 2.85. The molecule has 0 unspecified atom stereocenters. The minimum Gasteiger partial charge on any atom is -0.340 e. The molecule has 0 bridgehead atoms. The lowest BCUT2D eigenvalue weighted by Crippen LogP contribution is -2.55. The van der Waals surface area contributed by atoms with Crippen molar-refractivity contribution in [2.75, 3.05) is 26.2 Å². The first-order valence-electron chi connectivity index (χ1n) is 9.88. The number of thiophene rings is 1. The van der Waals surface area contributed by atoms with Crippen LogP contribution in [-0.2, 0) is 14.8 Å². The molecule has 0 aromatic carbocycles. The Kier molecular flexibility index (Phi) is 6.76. The van der Waals surface area contributed by atoms with E-state index < -0.39 is 10.0 Å². The van der Waals surface area contributed by atoms with Gasteiger partial charge in [-0.05, 0) is 58.6 Å². The lowest BCUT2D eigenvalue weighted by Gasteiger charge is -2.43. The smallest absolute Gasteiger partial charge is 0.250 e. The Morgan fingerprint density at radius 3 is 2.21 bits per heavy atom. The van der Waals surface area contributed by atoms with Gasteiger partial charge in [-0.3, -0.25) is 9.69 Å². The fourth-order valence-corrected chi connectivity index (χ4v) is 6.84. The number of carbonyl (C=O) groups excluding carboxylic acids is 1. The van der Waals surface area contributed by atoms with Gasteiger partial charge < -0.3 is 4.90 Å². The molecule has 1 saturated carbocycles. The summed E-state index contributed by atoms with van der Waals surface area (Å²) in [5.74, 6) is 0.248. The zero-order chi connectivity index (χ0) is 20.5. The molecule has 0 radical (unpaired) electrons. The molecule has 1 amide bonds. The largest absolute Gasteiger partial charge is 0.340 e. The second-order valence-electron chi connectivity index (χ2n) is 8.71. The van der Waals surface area contributed by atoms with Gasteiger partial charge >= 0.3 is 0 Å². The Labute approximate surface area is 177 Å². The van der Waals surface area contributed by atoms with E-state index in [2.05, 4.69) is 30.4 Å². The topological polar surface area (TPSA) is 69.7 Å². The van der Waals surface area contributed by atoms with Crippen molar-refractivity contribution >= 4 is 38.9 Å². The van der Waals surface area contributed by atoms with Gasteiger partial charge in [0.15, 0.2) is 0 Å². The highest BCUT2D eigenvalue weighted by Gasteiger charge is 2.34. The van der Waals surface area contributed by atoms with E-state index >= 15 is 0 Å². The molecular weight excluding hydrogens is 418 g/mol. The predicted molar refractivity (Wildman–Crippen MR) is 113 cm³/mol. The van der Waals surface area contributed by atoms with Crippen LogP contribution >= 0.6 is 22.9 Å². The van der Waals surface area contributed by atoms with Gasteiger partial charge in [-0.15, -0.1) is 11.3 Å². The van der Waals surface area contributed by atoms with Gasteiger partial charge in [-0.2, -0.15) is 0 Å². The van der Waals surface area contributed by atoms with Crippen LogP contribution in [0.25, 0.3) is 0 Å². The summed E-state index contributed by atoms with van der Waals surface area (Å²) in [5, 5.41) is 0. The third-order valence-corrected chi connectivity index (χ3v) is 9.00. The molecule has 0 atom stereocenters. The maximum Gasteiger partial charge on any atom is 0.250 e. The lowest BCUT2D eigenvalue weighted by atomic mass is 9.85. The summed E-state index contributed by atoms with van der Waals surface area (Å²) in [6.45, 7) is 10.00. The molecule has 158 valence electrons. The molecule has 1 aliphatic heterocycles. The van der Waals surface area contributed by atoms with Crippen molar-refractivity contribution in [2.45, 2.75) is 62.2 Å². The van der Waals surface area contributed by atoms with E-state index in [1.807, 2.05) is 4.90 Å². The molecule has 2 aliphatic rings. The molecule has 6 nitrogen and oxygen atoms in total. The third-order valence-electron chi connectivity index (χ3n) is 5.75. The number of carbonyl (C=O) groups is 1. The molecule has 9 heteroatoms. The van der Waals surface area contributed by atoms with E-state index in [-0.39, 0.29) is 27.6 Å². The predicted octanol–water partition coefficient (Wildman–Crippen LogP) is 3.18. The Morgan fingerprint density at radius 1 is 1.11 bits per heavy atom. The first kappa shape index (κ1) is 22.0. The number of hydrogen-bond donors (Lipinski definition) is 1. The van der Waals surface area contributed by atoms with E-state index in [0.29, 0.717) is 17.2 Å². The highest BCUT2D eigenvalue weighted by molar-refractivity contribution is 7.91. The number of hydrogen-bond acceptors (Lipinski definition) is 5. The molecule has 1 saturated heterocycles. The van der Waals surface area contributed by atoms with Crippen LogP contribution in [0.15, 0.2) is 16.3 Å². The zero-order valence-corrected chi connectivity index (χ0v) is 19.2. The Bertz CT molecular complexity index is 788. The molecule has 2 fully saturated rings. The fourth-order valence-electron chi connectivity index (χ4n) is 4.03. The number of amides is 1. The van der Waals surface area contributed by atoms with Crippen molar-refractivity contribution in [1.82, 2.24) is 14.5 Å². The quantitative estimate of drug-likeness (QED) is 0.769. The van der Waals surface area contributed by atoms with Crippen LogP contribution in [0, 0.1) is 5.92 Å². The zero-order valence-electron chi connectivity index (χ0n) is 16.8. The maximum atomic E-state index is 12.9. The number of nitrogens with zero attached hydrogens (tertiary/aromatic N) is 2. The van der Waals surface area contributed by atoms with Crippen molar-refractivity contribution in [3.63, 3.8) is 0 Å². The van der Waals surface area contributed by atoms with Gasteiger partial charge in [-0.1, -0.05) is 11.6 Å². The summed E-state index contributed by atoms with van der Waals surface area (Å²) >= 11 is 6.91. The minimum atomic E-state index is -3.53. The number of nitrogens with one attached hydrogen (secondary N) is 1. The van der Waals surface area contributed by atoms with E-state index in [1.54, 1.807) is 6.07 Å². The second-order valence-corrected chi connectivity index (χ2v) is 12.4. The Balaban J connectivity index is 1.48. The van der Waals surface area contributed by atoms with Crippen LogP contribution < -0.4 is 4.72 Å². The van der Waals surface area contributed by atoms with Crippen molar-refractivity contribution in [1.29, 1.82) is 0 Å². The second kappa shape index (κ2) is 8.60.